The van der Waals surface area contributed by atoms with Crippen LogP contribution in [0.5, 0.6) is 5.75 Å². The second kappa shape index (κ2) is 5.98. The van der Waals surface area contributed by atoms with Crippen molar-refractivity contribution in [3.8, 4) is 5.75 Å². The molecule has 0 unspecified atom stereocenters. The molecule has 2 N–H and O–H groups in total. The number of ether oxygens (including phenoxy) is 1. The van der Waals surface area contributed by atoms with Gasteiger partial charge in [0, 0.05) is 29.1 Å². The van der Waals surface area contributed by atoms with Gasteiger partial charge in [-0.3, -0.25) is 4.79 Å². The molecule has 0 aliphatic heterocycles. The number of nitrogens with one attached hydrogen (secondary N) is 2. The molecule has 0 aliphatic carbocycles. The van der Waals surface area contributed by atoms with Crippen LogP contribution in [0, 0.1) is 0 Å². The first-order chi connectivity index (χ1) is 12.2. The van der Waals surface area contributed by atoms with Crippen LogP contribution in [0.15, 0.2) is 46.9 Å². The summed E-state index contributed by atoms with van der Waals surface area (Å²) in [7, 11) is 1.61. The zero-order valence-corrected chi connectivity index (χ0v) is 13.9. The molecular weight excluding hydrogens is 318 g/mol. The second-order valence-corrected chi connectivity index (χ2v) is 5.73. The molecule has 0 spiro atoms. The maximum absolute atomic E-state index is 12.5. The Morgan fingerprint density at radius 3 is 2.92 bits per heavy atom. The lowest BCUT2D eigenvalue weighted by atomic mass is 10.2. The number of carbonyl (C=O) groups excluding carboxylic acids is 1. The number of H-pyrrole nitrogens is 1. The molecule has 1 amide bonds. The van der Waals surface area contributed by atoms with E-state index >= 15 is 0 Å². The molecule has 6 nitrogen and oxygen atoms in total. The summed E-state index contributed by atoms with van der Waals surface area (Å²) in [6.07, 6.45) is 0.731. The Morgan fingerprint density at radius 1 is 1.24 bits per heavy atom. The Bertz CT molecular complexity index is 1080. The van der Waals surface area contributed by atoms with Crippen LogP contribution in [-0.4, -0.2) is 23.0 Å². The maximum Gasteiger partial charge on any atom is 0.272 e. The van der Waals surface area contributed by atoms with Crippen LogP contribution < -0.4 is 10.1 Å². The molecule has 0 aliphatic rings. The van der Waals surface area contributed by atoms with Crippen LogP contribution in [-0.2, 0) is 6.42 Å². The Morgan fingerprint density at radius 2 is 2.12 bits per heavy atom. The van der Waals surface area contributed by atoms with Gasteiger partial charge >= 0.3 is 0 Å². The molecule has 0 fully saturated rings. The highest BCUT2D eigenvalue weighted by Crippen LogP contribution is 2.23. The molecule has 0 radical (unpaired) electrons. The van der Waals surface area contributed by atoms with Gasteiger partial charge in [-0.1, -0.05) is 6.92 Å². The molecule has 4 rings (SSSR count). The quantitative estimate of drug-likeness (QED) is 0.587. The molecule has 0 bridgehead atoms. The molecule has 126 valence electrons. The van der Waals surface area contributed by atoms with Crippen molar-refractivity contribution in [1.82, 2.24) is 9.97 Å². The number of amides is 1. The van der Waals surface area contributed by atoms with E-state index in [1.807, 2.05) is 43.3 Å². The number of anilines is 1. The van der Waals surface area contributed by atoms with Crippen molar-refractivity contribution in [2.75, 3.05) is 12.4 Å². The molecule has 0 atom stereocenters. The summed E-state index contributed by atoms with van der Waals surface area (Å²) in [5, 5.41) is 3.83. The van der Waals surface area contributed by atoms with Gasteiger partial charge in [0.05, 0.1) is 7.11 Å². The number of aromatic nitrogens is 2. The number of methoxy groups -OCH3 is 1. The van der Waals surface area contributed by atoms with Crippen LogP contribution >= 0.6 is 0 Å². The number of aryl methyl sites for hydroxylation is 1. The number of nitrogens with zero attached hydrogens (tertiary/aromatic N) is 1. The van der Waals surface area contributed by atoms with E-state index in [0.29, 0.717) is 22.9 Å². The molecule has 6 heteroatoms. The summed E-state index contributed by atoms with van der Waals surface area (Å²) >= 11 is 0. The first-order valence-corrected chi connectivity index (χ1v) is 8.04. The third kappa shape index (κ3) is 2.82. The number of carbonyl (C=O) groups is 1. The Labute approximate surface area is 143 Å². The van der Waals surface area contributed by atoms with Crippen molar-refractivity contribution < 1.29 is 13.9 Å². The standard InChI is InChI=1S/C19H17N3O3/c1-3-18-22-15-9-12(5-7-17(15)25-18)20-19(23)16-8-11-4-6-13(24-2)10-14(11)21-16/h4-10,21H,3H2,1-2H3,(H,20,23). The lowest BCUT2D eigenvalue weighted by molar-refractivity contribution is 0.102. The average molecular weight is 335 g/mol. The van der Waals surface area contributed by atoms with Crippen molar-refractivity contribution in [3.63, 3.8) is 0 Å². The first kappa shape index (κ1) is 15.3. The van der Waals surface area contributed by atoms with E-state index in [-0.39, 0.29) is 5.91 Å². The van der Waals surface area contributed by atoms with Crippen molar-refractivity contribution in [3.05, 3.63) is 54.0 Å². The summed E-state index contributed by atoms with van der Waals surface area (Å²) in [6.45, 7) is 1.98. The molecule has 4 aromatic rings. The summed E-state index contributed by atoms with van der Waals surface area (Å²) in [5.74, 6) is 1.21. The van der Waals surface area contributed by atoms with Gasteiger partial charge in [0.1, 0.15) is 17.0 Å². The lowest BCUT2D eigenvalue weighted by Gasteiger charge is -2.03. The highest BCUT2D eigenvalue weighted by molar-refractivity contribution is 6.06. The van der Waals surface area contributed by atoms with Crippen LogP contribution in [0.3, 0.4) is 0 Å². The molecule has 2 aromatic heterocycles. The number of hydrogen-bond acceptors (Lipinski definition) is 4. The number of oxazole rings is 1. The number of fused-ring (bicyclic) bond motifs is 2. The van der Waals surface area contributed by atoms with E-state index in [1.165, 1.54) is 0 Å². The Balaban J connectivity index is 1.60. The minimum absolute atomic E-state index is 0.214. The average Bonchev–Trinajstić information content (AvgIpc) is 3.24. The van der Waals surface area contributed by atoms with Gasteiger partial charge < -0.3 is 19.5 Å². The maximum atomic E-state index is 12.5. The van der Waals surface area contributed by atoms with Gasteiger partial charge in [0.25, 0.3) is 5.91 Å². The number of hydrogen-bond donors (Lipinski definition) is 2. The van der Waals surface area contributed by atoms with E-state index in [1.54, 1.807) is 13.2 Å². The summed E-state index contributed by atoms with van der Waals surface area (Å²) < 4.78 is 10.8. The predicted octanol–water partition coefficient (Wildman–Crippen LogP) is 4.13. The number of aromatic amines is 1. The summed E-state index contributed by atoms with van der Waals surface area (Å²) in [4.78, 5) is 20.0. The van der Waals surface area contributed by atoms with Gasteiger partial charge in [0.15, 0.2) is 11.5 Å². The zero-order chi connectivity index (χ0) is 17.4. The van der Waals surface area contributed by atoms with Crippen molar-refractivity contribution in [2.45, 2.75) is 13.3 Å². The first-order valence-electron chi connectivity index (χ1n) is 8.04. The SMILES string of the molecule is CCc1nc2cc(NC(=O)c3cc4ccc(OC)cc4[nH]3)ccc2o1. The highest BCUT2D eigenvalue weighted by atomic mass is 16.5. The van der Waals surface area contributed by atoms with E-state index in [9.17, 15) is 4.79 Å². The van der Waals surface area contributed by atoms with Gasteiger partial charge in [0.2, 0.25) is 0 Å². The van der Waals surface area contributed by atoms with Gasteiger partial charge in [-0.2, -0.15) is 0 Å². The van der Waals surface area contributed by atoms with Gasteiger partial charge in [-0.25, -0.2) is 4.98 Å². The lowest BCUT2D eigenvalue weighted by Crippen LogP contribution is -2.12. The minimum Gasteiger partial charge on any atom is -0.497 e. The van der Waals surface area contributed by atoms with Crippen LogP contribution in [0.2, 0.25) is 0 Å². The second-order valence-electron chi connectivity index (χ2n) is 5.73. The summed E-state index contributed by atoms with van der Waals surface area (Å²) in [6, 6.07) is 12.9. The minimum atomic E-state index is -0.214. The third-order valence-electron chi connectivity index (χ3n) is 4.07. The van der Waals surface area contributed by atoms with Gasteiger partial charge in [-0.15, -0.1) is 0 Å². The van der Waals surface area contributed by atoms with E-state index in [2.05, 4.69) is 15.3 Å². The Kier molecular flexibility index (Phi) is 3.65. The van der Waals surface area contributed by atoms with E-state index in [4.69, 9.17) is 9.15 Å². The van der Waals surface area contributed by atoms with E-state index < -0.39 is 0 Å². The van der Waals surface area contributed by atoms with E-state index in [0.717, 1.165) is 28.6 Å². The monoisotopic (exact) mass is 335 g/mol. The fourth-order valence-electron chi connectivity index (χ4n) is 2.76. The van der Waals surface area contributed by atoms with Crippen LogP contribution in [0.1, 0.15) is 23.3 Å². The third-order valence-corrected chi connectivity index (χ3v) is 4.07. The predicted molar refractivity (Wildman–Crippen MR) is 96.2 cm³/mol. The van der Waals surface area contributed by atoms with Gasteiger partial charge in [-0.05, 0) is 36.4 Å². The van der Waals surface area contributed by atoms with Crippen molar-refractivity contribution in [1.29, 1.82) is 0 Å². The zero-order valence-electron chi connectivity index (χ0n) is 13.9. The Hall–Kier alpha value is -3.28. The fraction of sp³-hybridized carbons (Fsp3) is 0.158. The summed E-state index contributed by atoms with van der Waals surface area (Å²) in [5.41, 5.74) is 3.45. The topological polar surface area (TPSA) is 80.1 Å². The molecule has 2 heterocycles. The molecule has 0 saturated carbocycles. The molecular formula is C19H17N3O3. The number of benzene rings is 2. The van der Waals surface area contributed by atoms with Crippen LogP contribution in [0.25, 0.3) is 22.0 Å². The molecule has 25 heavy (non-hydrogen) atoms. The number of rotatable bonds is 4. The van der Waals surface area contributed by atoms with Crippen molar-refractivity contribution in [2.24, 2.45) is 0 Å². The molecule has 0 saturated heterocycles. The molecule has 2 aromatic carbocycles. The van der Waals surface area contributed by atoms with Crippen molar-refractivity contribution >= 4 is 33.6 Å². The largest absolute Gasteiger partial charge is 0.497 e. The smallest absolute Gasteiger partial charge is 0.272 e. The normalized spacial score (nSPS) is 11.1. The van der Waals surface area contributed by atoms with Crippen LogP contribution in [0.4, 0.5) is 5.69 Å². The fourth-order valence-corrected chi connectivity index (χ4v) is 2.76. The highest BCUT2D eigenvalue weighted by Gasteiger charge is 2.12.